The lowest BCUT2D eigenvalue weighted by atomic mass is 9.80. The highest BCUT2D eigenvalue weighted by Gasteiger charge is 2.35. The van der Waals surface area contributed by atoms with E-state index in [0.29, 0.717) is 0 Å². The van der Waals surface area contributed by atoms with Gasteiger partial charge in [0.1, 0.15) is 12.0 Å². The van der Waals surface area contributed by atoms with Gasteiger partial charge in [-0.15, -0.1) is 0 Å². The van der Waals surface area contributed by atoms with Crippen molar-refractivity contribution in [3.63, 3.8) is 0 Å². The van der Waals surface area contributed by atoms with Crippen LogP contribution in [0.4, 0.5) is 5.69 Å². The van der Waals surface area contributed by atoms with Crippen LogP contribution in [0.3, 0.4) is 0 Å². The first-order valence-corrected chi connectivity index (χ1v) is 6.47. The maximum absolute atomic E-state index is 12.3. The van der Waals surface area contributed by atoms with Crippen molar-refractivity contribution in [1.82, 2.24) is 15.3 Å². The fraction of sp³-hybridized carbons (Fsp3) is 0.545. The molecule has 1 aromatic rings. The Kier molecular flexibility index (Phi) is 4.04. The second-order valence-electron chi connectivity index (χ2n) is 4.60. The molecule has 1 aliphatic heterocycles. The number of hydrogen-bond acceptors (Lipinski definition) is 4. The van der Waals surface area contributed by atoms with Gasteiger partial charge in [0.15, 0.2) is 10.3 Å². The van der Waals surface area contributed by atoms with E-state index in [2.05, 4.69) is 20.6 Å². The number of halogens is 2. The van der Waals surface area contributed by atoms with Crippen LogP contribution in [-0.4, -0.2) is 29.0 Å². The van der Waals surface area contributed by atoms with Crippen LogP contribution < -0.4 is 10.6 Å². The molecule has 1 aliphatic rings. The minimum Gasteiger partial charge on any atom is -0.320 e. The Balaban J connectivity index is 2.16. The number of piperidine rings is 1. The Morgan fingerprint density at radius 1 is 1.33 bits per heavy atom. The number of nitrogens with zero attached hydrogens (tertiary/aromatic N) is 2. The molecule has 0 radical (unpaired) electrons. The summed E-state index contributed by atoms with van der Waals surface area (Å²) >= 11 is 11.8. The van der Waals surface area contributed by atoms with E-state index in [1.165, 1.54) is 6.33 Å². The van der Waals surface area contributed by atoms with E-state index in [9.17, 15) is 4.79 Å². The molecule has 1 aromatic heterocycles. The third-order valence-electron chi connectivity index (χ3n) is 3.25. The number of hydrogen-bond donors (Lipinski definition) is 2. The zero-order valence-corrected chi connectivity index (χ0v) is 11.5. The lowest BCUT2D eigenvalue weighted by Gasteiger charge is -2.32. The summed E-state index contributed by atoms with van der Waals surface area (Å²) in [7, 11) is 0. The van der Waals surface area contributed by atoms with Gasteiger partial charge in [0.05, 0.1) is 0 Å². The zero-order valence-electron chi connectivity index (χ0n) is 9.96. The average molecular weight is 289 g/mol. The van der Waals surface area contributed by atoms with Gasteiger partial charge in [0.25, 0.3) is 0 Å². The highest BCUT2D eigenvalue weighted by molar-refractivity contribution is 6.38. The van der Waals surface area contributed by atoms with Gasteiger partial charge in [-0.1, -0.05) is 30.1 Å². The normalized spacial score (nSPS) is 18.4. The Bertz CT molecular complexity index is 440. The summed E-state index contributed by atoms with van der Waals surface area (Å²) in [4.78, 5) is 19.9. The Hall–Kier alpha value is -0.910. The highest BCUT2D eigenvalue weighted by Crippen LogP contribution is 2.32. The van der Waals surface area contributed by atoms with Crippen molar-refractivity contribution >= 4 is 34.8 Å². The van der Waals surface area contributed by atoms with E-state index in [0.717, 1.165) is 25.9 Å². The molecule has 18 heavy (non-hydrogen) atoms. The smallest absolute Gasteiger partial charge is 0.230 e. The first-order valence-electron chi connectivity index (χ1n) is 5.71. The van der Waals surface area contributed by atoms with Crippen LogP contribution in [0.15, 0.2) is 6.33 Å². The largest absolute Gasteiger partial charge is 0.320 e. The molecule has 1 amide bonds. The molecule has 0 unspecified atom stereocenters. The molecule has 98 valence electrons. The van der Waals surface area contributed by atoms with Gasteiger partial charge in [-0.25, -0.2) is 9.97 Å². The Morgan fingerprint density at radius 2 is 1.89 bits per heavy atom. The number of nitrogens with one attached hydrogen (secondary N) is 2. The molecule has 0 saturated carbocycles. The number of anilines is 1. The minimum absolute atomic E-state index is 0.0948. The number of aromatic nitrogens is 2. The van der Waals surface area contributed by atoms with Crippen molar-refractivity contribution in [2.75, 3.05) is 18.4 Å². The molecule has 0 spiro atoms. The van der Waals surface area contributed by atoms with Crippen molar-refractivity contribution in [2.45, 2.75) is 19.8 Å². The van der Waals surface area contributed by atoms with Crippen LogP contribution in [0.1, 0.15) is 19.8 Å². The van der Waals surface area contributed by atoms with Crippen LogP contribution in [0.25, 0.3) is 0 Å². The molecular weight excluding hydrogens is 275 g/mol. The van der Waals surface area contributed by atoms with Gasteiger partial charge < -0.3 is 10.6 Å². The fourth-order valence-electron chi connectivity index (χ4n) is 1.92. The van der Waals surface area contributed by atoms with Crippen LogP contribution in [0.2, 0.25) is 10.3 Å². The average Bonchev–Trinajstić information content (AvgIpc) is 2.34. The predicted molar refractivity (Wildman–Crippen MR) is 70.9 cm³/mol. The summed E-state index contributed by atoms with van der Waals surface area (Å²) in [6, 6.07) is 0. The van der Waals surface area contributed by atoms with Gasteiger partial charge in [-0.3, -0.25) is 4.79 Å². The lowest BCUT2D eigenvalue weighted by Crippen LogP contribution is -2.43. The molecule has 2 rings (SSSR count). The SMILES string of the molecule is CC1(C(=O)Nc2c(Cl)ncnc2Cl)CCNCC1. The van der Waals surface area contributed by atoms with Crippen molar-refractivity contribution in [3.05, 3.63) is 16.6 Å². The molecular formula is C11H14Cl2N4O. The van der Waals surface area contributed by atoms with Gasteiger partial charge in [0.2, 0.25) is 5.91 Å². The summed E-state index contributed by atoms with van der Waals surface area (Å²) < 4.78 is 0. The van der Waals surface area contributed by atoms with E-state index in [4.69, 9.17) is 23.2 Å². The maximum atomic E-state index is 12.3. The molecule has 7 heteroatoms. The first kappa shape index (κ1) is 13.5. The number of carbonyl (C=O) groups is 1. The summed E-state index contributed by atoms with van der Waals surface area (Å²) in [6.07, 6.45) is 2.82. The number of rotatable bonds is 2. The second-order valence-corrected chi connectivity index (χ2v) is 5.31. The molecule has 0 atom stereocenters. The van der Waals surface area contributed by atoms with Crippen LogP contribution in [-0.2, 0) is 4.79 Å². The molecule has 5 nitrogen and oxygen atoms in total. The van der Waals surface area contributed by atoms with Gasteiger partial charge >= 0.3 is 0 Å². The van der Waals surface area contributed by atoms with Gasteiger partial charge in [-0.2, -0.15) is 0 Å². The van der Waals surface area contributed by atoms with Gasteiger partial charge in [-0.05, 0) is 25.9 Å². The van der Waals surface area contributed by atoms with E-state index in [1.807, 2.05) is 6.92 Å². The molecule has 1 fully saturated rings. The van der Waals surface area contributed by atoms with E-state index < -0.39 is 5.41 Å². The molecule has 0 aliphatic carbocycles. The molecule has 0 bridgehead atoms. The third kappa shape index (κ3) is 2.74. The van der Waals surface area contributed by atoms with Crippen LogP contribution in [0, 0.1) is 5.41 Å². The predicted octanol–water partition coefficient (Wildman–Crippen LogP) is 2.11. The molecule has 1 saturated heterocycles. The third-order valence-corrected chi connectivity index (χ3v) is 3.82. The maximum Gasteiger partial charge on any atom is 0.230 e. The number of carbonyl (C=O) groups excluding carboxylic acids is 1. The summed E-state index contributed by atoms with van der Waals surface area (Å²) in [5.41, 5.74) is -0.126. The zero-order chi connectivity index (χ0) is 13.2. The van der Waals surface area contributed by atoms with Crippen molar-refractivity contribution in [2.24, 2.45) is 5.41 Å². The Morgan fingerprint density at radius 3 is 2.44 bits per heavy atom. The molecule has 2 heterocycles. The summed E-state index contributed by atoms with van der Waals surface area (Å²) in [5, 5.41) is 6.26. The Labute approximate surface area is 115 Å². The van der Waals surface area contributed by atoms with Crippen molar-refractivity contribution in [1.29, 1.82) is 0 Å². The lowest BCUT2D eigenvalue weighted by molar-refractivity contribution is -0.126. The molecule has 2 N–H and O–H groups in total. The van der Waals surface area contributed by atoms with Crippen molar-refractivity contribution in [3.8, 4) is 0 Å². The topological polar surface area (TPSA) is 66.9 Å². The second kappa shape index (κ2) is 5.38. The highest BCUT2D eigenvalue weighted by atomic mass is 35.5. The summed E-state index contributed by atoms with van der Waals surface area (Å²) in [5.74, 6) is -0.0948. The van der Waals surface area contributed by atoms with Crippen molar-refractivity contribution < 1.29 is 4.79 Å². The first-order chi connectivity index (χ1) is 8.53. The standard InChI is InChI=1S/C11H14Cl2N4O/c1-11(2-4-14-5-3-11)10(18)17-7-8(12)15-6-16-9(7)13/h6,14H,2-5H2,1H3,(H,17,18). The van der Waals surface area contributed by atoms with E-state index in [-0.39, 0.29) is 21.9 Å². The summed E-state index contributed by atoms with van der Waals surface area (Å²) in [6.45, 7) is 3.60. The van der Waals surface area contributed by atoms with E-state index in [1.54, 1.807) is 0 Å². The quantitative estimate of drug-likeness (QED) is 0.818. The molecule has 0 aromatic carbocycles. The van der Waals surface area contributed by atoms with Gasteiger partial charge in [0, 0.05) is 5.41 Å². The number of amides is 1. The minimum atomic E-state index is -0.409. The monoisotopic (exact) mass is 288 g/mol. The fourth-order valence-corrected chi connectivity index (χ4v) is 2.33. The van der Waals surface area contributed by atoms with E-state index >= 15 is 0 Å². The van der Waals surface area contributed by atoms with Crippen LogP contribution >= 0.6 is 23.2 Å². The van der Waals surface area contributed by atoms with Crippen LogP contribution in [0.5, 0.6) is 0 Å².